The molecule has 0 aliphatic rings. The molecule has 0 saturated heterocycles. The summed E-state index contributed by atoms with van der Waals surface area (Å²) in [6.07, 6.45) is 2.11. The van der Waals surface area contributed by atoms with Gasteiger partial charge in [0.2, 0.25) is 0 Å². The summed E-state index contributed by atoms with van der Waals surface area (Å²) >= 11 is 5.98. The van der Waals surface area contributed by atoms with Gasteiger partial charge >= 0.3 is 5.97 Å². The lowest BCUT2D eigenvalue weighted by molar-refractivity contribution is -0.136. The molecule has 18 heavy (non-hydrogen) atoms. The highest BCUT2D eigenvalue weighted by Gasteiger charge is 2.24. The number of hydrogen-bond acceptors (Lipinski definition) is 2. The van der Waals surface area contributed by atoms with Crippen molar-refractivity contribution >= 4 is 28.4 Å². The van der Waals surface area contributed by atoms with E-state index in [1.807, 2.05) is 6.92 Å². The molecule has 1 rings (SSSR count). The highest BCUT2D eigenvalue weighted by molar-refractivity contribution is 7.85. The molecule has 1 aromatic carbocycles. The zero-order valence-electron chi connectivity index (χ0n) is 10.3. The number of halogens is 1. The number of carboxylic acid groups (broad SMARTS) is 1. The first-order chi connectivity index (χ1) is 8.56. The van der Waals surface area contributed by atoms with E-state index in [9.17, 15) is 9.00 Å². The quantitative estimate of drug-likeness (QED) is 0.838. The Bertz CT molecular complexity index is 434. The van der Waals surface area contributed by atoms with Crippen molar-refractivity contribution in [2.75, 3.05) is 0 Å². The van der Waals surface area contributed by atoms with E-state index in [4.69, 9.17) is 16.7 Å². The molecule has 2 atom stereocenters. The summed E-state index contributed by atoms with van der Waals surface area (Å²) < 4.78 is 12.1. The molecule has 0 bridgehead atoms. The van der Waals surface area contributed by atoms with Crippen LogP contribution < -0.4 is 0 Å². The summed E-state index contributed by atoms with van der Waals surface area (Å²) in [6, 6.07) is 7.09. The fourth-order valence-electron chi connectivity index (χ4n) is 1.63. The number of aliphatic carboxylic acids is 1. The Labute approximate surface area is 115 Å². The Balaban J connectivity index is 2.73. The third kappa shape index (κ3) is 4.42. The Morgan fingerprint density at radius 2 is 2.11 bits per heavy atom. The molecule has 0 aliphatic heterocycles. The van der Waals surface area contributed by atoms with Gasteiger partial charge in [0.1, 0.15) is 5.25 Å². The molecule has 0 spiro atoms. The standard InChI is InChI=1S/C13H17ClO3S/c1-2-3-8-12(13(15)16)18(17)9-10-6-4-5-7-11(10)14/h4-7,12H,2-3,8-9H2,1H3,(H,15,16). The summed E-state index contributed by atoms with van der Waals surface area (Å²) in [6.45, 7) is 1.98. The number of unbranched alkanes of at least 4 members (excludes halogenated alkanes) is 1. The van der Waals surface area contributed by atoms with Gasteiger partial charge in [0.15, 0.2) is 0 Å². The molecule has 1 aromatic rings. The van der Waals surface area contributed by atoms with Crippen LogP contribution in [0.4, 0.5) is 0 Å². The van der Waals surface area contributed by atoms with Crippen LogP contribution in [-0.2, 0) is 21.3 Å². The average Bonchev–Trinajstić information content (AvgIpc) is 2.32. The summed E-state index contributed by atoms with van der Waals surface area (Å²) in [7, 11) is -1.43. The molecule has 2 unspecified atom stereocenters. The largest absolute Gasteiger partial charge is 0.480 e. The van der Waals surface area contributed by atoms with Crippen molar-refractivity contribution in [3.63, 3.8) is 0 Å². The molecule has 0 heterocycles. The van der Waals surface area contributed by atoms with E-state index in [0.717, 1.165) is 18.4 Å². The lowest BCUT2D eigenvalue weighted by Gasteiger charge is -2.12. The number of hydrogen-bond donors (Lipinski definition) is 1. The predicted molar refractivity (Wildman–Crippen MR) is 74.2 cm³/mol. The second-order valence-electron chi connectivity index (χ2n) is 4.09. The first kappa shape index (κ1) is 15.2. The third-order valence-electron chi connectivity index (χ3n) is 2.67. The molecule has 0 amide bonds. The normalized spacial score (nSPS) is 14.1. The molecule has 0 radical (unpaired) electrons. The maximum absolute atomic E-state index is 12.1. The molecule has 100 valence electrons. The van der Waals surface area contributed by atoms with Gasteiger partial charge in [0, 0.05) is 15.8 Å². The highest BCUT2D eigenvalue weighted by Crippen LogP contribution is 2.19. The van der Waals surface area contributed by atoms with Crippen molar-refractivity contribution in [2.24, 2.45) is 0 Å². The molecule has 0 aromatic heterocycles. The smallest absolute Gasteiger partial charge is 0.319 e. The molecule has 1 N–H and O–H groups in total. The van der Waals surface area contributed by atoms with E-state index < -0.39 is 22.0 Å². The topological polar surface area (TPSA) is 54.4 Å². The van der Waals surface area contributed by atoms with Gasteiger partial charge in [-0.05, 0) is 18.1 Å². The monoisotopic (exact) mass is 288 g/mol. The van der Waals surface area contributed by atoms with Crippen molar-refractivity contribution in [3.8, 4) is 0 Å². The average molecular weight is 289 g/mol. The van der Waals surface area contributed by atoms with E-state index in [-0.39, 0.29) is 5.75 Å². The van der Waals surface area contributed by atoms with Gasteiger partial charge in [-0.1, -0.05) is 49.6 Å². The van der Waals surface area contributed by atoms with Crippen molar-refractivity contribution in [2.45, 2.75) is 37.2 Å². The summed E-state index contributed by atoms with van der Waals surface area (Å²) in [5.41, 5.74) is 0.736. The number of benzene rings is 1. The van der Waals surface area contributed by atoms with Crippen LogP contribution in [0.15, 0.2) is 24.3 Å². The van der Waals surface area contributed by atoms with E-state index in [1.165, 1.54) is 0 Å². The van der Waals surface area contributed by atoms with Crippen LogP contribution in [0.25, 0.3) is 0 Å². The van der Waals surface area contributed by atoms with E-state index in [2.05, 4.69) is 0 Å². The summed E-state index contributed by atoms with van der Waals surface area (Å²) in [5, 5.41) is 8.82. The van der Waals surface area contributed by atoms with Gasteiger partial charge in [-0.15, -0.1) is 0 Å². The Hall–Kier alpha value is -0.870. The van der Waals surface area contributed by atoms with Crippen LogP contribution in [0.1, 0.15) is 31.7 Å². The van der Waals surface area contributed by atoms with Gasteiger partial charge in [-0.3, -0.25) is 9.00 Å². The number of rotatable bonds is 7. The van der Waals surface area contributed by atoms with Gasteiger partial charge in [-0.25, -0.2) is 0 Å². The minimum Gasteiger partial charge on any atom is -0.480 e. The maximum Gasteiger partial charge on any atom is 0.319 e. The summed E-state index contributed by atoms with van der Waals surface area (Å²) in [4.78, 5) is 11.1. The first-order valence-electron chi connectivity index (χ1n) is 5.89. The van der Waals surface area contributed by atoms with Crippen molar-refractivity contribution in [1.29, 1.82) is 0 Å². The van der Waals surface area contributed by atoms with Gasteiger partial charge in [0.25, 0.3) is 0 Å². The van der Waals surface area contributed by atoms with Crippen molar-refractivity contribution in [1.82, 2.24) is 0 Å². The molecule has 5 heteroatoms. The minimum absolute atomic E-state index is 0.195. The Morgan fingerprint density at radius 3 is 2.67 bits per heavy atom. The van der Waals surface area contributed by atoms with Gasteiger partial charge in [-0.2, -0.15) is 0 Å². The maximum atomic E-state index is 12.1. The fraction of sp³-hybridized carbons (Fsp3) is 0.462. The van der Waals surface area contributed by atoms with Crippen LogP contribution in [0.5, 0.6) is 0 Å². The lowest BCUT2D eigenvalue weighted by Crippen LogP contribution is -2.26. The third-order valence-corrected chi connectivity index (χ3v) is 4.70. The number of carboxylic acids is 1. The SMILES string of the molecule is CCCCC(C(=O)O)S(=O)Cc1ccccc1Cl. The van der Waals surface area contributed by atoms with Crippen LogP contribution >= 0.6 is 11.6 Å². The fourth-order valence-corrected chi connectivity index (χ4v) is 3.32. The van der Waals surface area contributed by atoms with Gasteiger partial charge in [0.05, 0.1) is 5.75 Å². The summed E-state index contributed by atoms with van der Waals surface area (Å²) in [5.74, 6) is -0.797. The Kier molecular flexibility index (Phi) is 6.36. The molecule has 0 fully saturated rings. The second-order valence-corrected chi connectivity index (χ2v) is 6.11. The van der Waals surface area contributed by atoms with Crippen molar-refractivity contribution in [3.05, 3.63) is 34.9 Å². The molecule has 0 saturated carbocycles. The highest BCUT2D eigenvalue weighted by atomic mass is 35.5. The van der Waals surface area contributed by atoms with Crippen LogP contribution in [0.2, 0.25) is 5.02 Å². The Morgan fingerprint density at radius 1 is 1.44 bits per heavy atom. The van der Waals surface area contributed by atoms with E-state index in [1.54, 1.807) is 24.3 Å². The van der Waals surface area contributed by atoms with E-state index in [0.29, 0.717) is 11.4 Å². The molecule has 3 nitrogen and oxygen atoms in total. The molecule has 0 aliphatic carbocycles. The minimum atomic E-state index is -1.43. The van der Waals surface area contributed by atoms with Crippen LogP contribution in [0, 0.1) is 0 Å². The van der Waals surface area contributed by atoms with E-state index >= 15 is 0 Å². The predicted octanol–water partition coefficient (Wildman–Crippen LogP) is 3.23. The van der Waals surface area contributed by atoms with Crippen LogP contribution in [-0.4, -0.2) is 20.5 Å². The van der Waals surface area contributed by atoms with Crippen LogP contribution in [0.3, 0.4) is 0 Å². The number of carbonyl (C=O) groups is 1. The molecular weight excluding hydrogens is 272 g/mol. The zero-order chi connectivity index (χ0) is 13.5. The van der Waals surface area contributed by atoms with Crippen molar-refractivity contribution < 1.29 is 14.1 Å². The zero-order valence-corrected chi connectivity index (χ0v) is 11.8. The van der Waals surface area contributed by atoms with Gasteiger partial charge < -0.3 is 5.11 Å². The lowest BCUT2D eigenvalue weighted by atomic mass is 10.2. The first-order valence-corrected chi connectivity index (χ1v) is 7.65. The molecular formula is C13H17ClO3S. The second kappa shape index (κ2) is 7.54.